The second-order valence-corrected chi connectivity index (χ2v) is 5.66. The number of fused-ring (bicyclic) bond motifs is 1. The van der Waals surface area contributed by atoms with E-state index in [1.807, 2.05) is 0 Å². The number of aliphatic hydroxyl groups excluding tert-OH is 1. The Labute approximate surface area is 78.8 Å². The van der Waals surface area contributed by atoms with Gasteiger partial charge >= 0.3 is 0 Å². The number of hydrogen-bond donors (Lipinski definition) is 1. The van der Waals surface area contributed by atoms with Gasteiger partial charge in [0.2, 0.25) is 0 Å². The van der Waals surface area contributed by atoms with Crippen molar-refractivity contribution in [3.8, 4) is 0 Å². The standard InChI is InChI=1S/C12H16O/c13-10-8-3-5-11(10)4-1-2-9-7-12(9,11)6-8/h3,5,8-10,13H,1-2,4,6-7H2/t8-,9+,10+,11-,12+/m0/s1. The van der Waals surface area contributed by atoms with E-state index in [1.165, 1.54) is 32.1 Å². The minimum Gasteiger partial charge on any atom is -0.392 e. The van der Waals surface area contributed by atoms with E-state index in [0.29, 0.717) is 11.3 Å². The van der Waals surface area contributed by atoms with Crippen molar-refractivity contribution in [2.75, 3.05) is 0 Å². The zero-order chi connectivity index (χ0) is 8.68. The van der Waals surface area contributed by atoms with Crippen LogP contribution in [0.5, 0.6) is 0 Å². The molecule has 13 heavy (non-hydrogen) atoms. The fraction of sp³-hybridized carbons (Fsp3) is 0.833. The van der Waals surface area contributed by atoms with Gasteiger partial charge in [-0.3, -0.25) is 0 Å². The molecule has 1 heteroatoms. The Hall–Kier alpha value is -0.300. The minimum atomic E-state index is -0.0159. The lowest BCUT2D eigenvalue weighted by molar-refractivity contribution is 0.0282. The van der Waals surface area contributed by atoms with Gasteiger partial charge in [0.1, 0.15) is 0 Å². The van der Waals surface area contributed by atoms with Gasteiger partial charge in [0.15, 0.2) is 0 Å². The molecule has 0 aromatic heterocycles. The summed E-state index contributed by atoms with van der Waals surface area (Å²) in [5.74, 6) is 1.49. The molecule has 2 spiro atoms. The molecule has 1 nitrogen and oxygen atoms in total. The summed E-state index contributed by atoms with van der Waals surface area (Å²) in [7, 11) is 0. The van der Waals surface area contributed by atoms with E-state index < -0.39 is 0 Å². The van der Waals surface area contributed by atoms with E-state index in [-0.39, 0.29) is 11.5 Å². The van der Waals surface area contributed by atoms with Crippen molar-refractivity contribution in [2.45, 2.75) is 38.2 Å². The van der Waals surface area contributed by atoms with Gasteiger partial charge in [0.25, 0.3) is 0 Å². The molecule has 5 atom stereocenters. The molecule has 0 heterocycles. The maximum Gasteiger partial charge on any atom is 0.0698 e. The van der Waals surface area contributed by atoms with Crippen LogP contribution in [0.1, 0.15) is 32.1 Å². The summed E-state index contributed by atoms with van der Waals surface area (Å²) in [6.45, 7) is 0. The van der Waals surface area contributed by atoms with Crippen LogP contribution in [-0.4, -0.2) is 11.2 Å². The zero-order valence-electron chi connectivity index (χ0n) is 7.87. The monoisotopic (exact) mass is 176 g/mol. The molecule has 0 aromatic carbocycles. The predicted molar refractivity (Wildman–Crippen MR) is 50.1 cm³/mol. The summed E-state index contributed by atoms with van der Waals surface area (Å²) < 4.78 is 0. The van der Waals surface area contributed by atoms with Crippen LogP contribution in [0.2, 0.25) is 0 Å². The Bertz CT molecular complexity index is 308. The molecule has 3 saturated carbocycles. The SMILES string of the molecule is O[C@@H]1[C@H]2C=C[C@@]13CCC[C@@H]1C[C@]13C2. The molecule has 0 unspecified atom stereocenters. The second-order valence-electron chi connectivity index (χ2n) is 5.66. The number of aliphatic hydroxyl groups is 1. The third-order valence-corrected chi connectivity index (χ3v) is 5.48. The highest BCUT2D eigenvalue weighted by molar-refractivity contribution is 5.35. The Morgan fingerprint density at radius 1 is 1.31 bits per heavy atom. The van der Waals surface area contributed by atoms with Crippen LogP contribution in [0.4, 0.5) is 0 Å². The Kier molecular flexibility index (Phi) is 0.947. The van der Waals surface area contributed by atoms with Crippen LogP contribution < -0.4 is 0 Å². The number of hydrogen-bond acceptors (Lipinski definition) is 1. The molecular weight excluding hydrogens is 160 g/mol. The first-order valence-corrected chi connectivity index (χ1v) is 5.66. The first-order valence-electron chi connectivity index (χ1n) is 5.66. The van der Waals surface area contributed by atoms with Crippen LogP contribution in [0, 0.1) is 22.7 Å². The van der Waals surface area contributed by atoms with Crippen molar-refractivity contribution in [1.82, 2.24) is 0 Å². The third kappa shape index (κ3) is 0.527. The van der Waals surface area contributed by atoms with Gasteiger partial charge in [0.05, 0.1) is 6.10 Å². The molecule has 0 amide bonds. The summed E-state index contributed by atoms with van der Waals surface area (Å²) in [6.07, 6.45) is 11.4. The van der Waals surface area contributed by atoms with Crippen molar-refractivity contribution in [3.05, 3.63) is 12.2 Å². The normalized spacial score (nSPS) is 66.4. The zero-order valence-corrected chi connectivity index (χ0v) is 7.87. The Morgan fingerprint density at radius 2 is 2.23 bits per heavy atom. The van der Waals surface area contributed by atoms with Crippen LogP contribution in [0.25, 0.3) is 0 Å². The highest BCUT2D eigenvalue weighted by Gasteiger charge is 2.75. The molecule has 0 saturated heterocycles. The second kappa shape index (κ2) is 1.75. The van der Waals surface area contributed by atoms with E-state index in [2.05, 4.69) is 12.2 Å². The fourth-order valence-corrected chi connectivity index (χ4v) is 4.83. The topological polar surface area (TPSA) is 20.2 Å². The maximum atomic E-state index is 10.2. The molecule has 4 rings (SSSR count). The molecule has 0 aromatic rings. The summed E-state index contributed by atoms with van der Waals surface area (Å²) in [5.41, 5.74) is 0.838. The van der Waals surface area contributed by atoms with E-state index in [9.17, 15) is 5.11 Å². The van der Waals surface area contributed by atoms with Crippen LogP contribution in [0.3, 0.4) is 0 Å². The fourth-order valence-electron chi connectivity index (χ4n) is 4.83. The molecule has 70 valence electrons. The molecule has 1 N–H and O–H groups in total. The van der Waals surface area contributed by atoms with Crippen molar-refractivity contribution >= 4 is 0 Å². The van der Waals surface area contributed by atoms with Gasteiger partial charge in [-0.2, -0.15) is 0 Å². The lowest BCUT2D eigenvalue weighted by atomic mass is 9.66. The molecular formula is C12H16O. The first-order chi connectivity index (χ1) is 6.29. The van der Waals surface area contributed by atoms with Gasteiger partial charge < -0.3 is 5.11 Å². The van der Waals surface area contributed by atoms with Crippen molar-refractivity contribution < 1.29 is 5.11 Å². The Balaban J connectivity index is 1.90. The lowest BCUT2D eigenvalue weighted by Gasteiger charge is -2.39. The van der Waals surface area contributed by atoms with Crippen molar-refractivity contribution in [3.63, 3.8) is 0 Å². The van der Waals surface area contributed by atoms with Gasteiger partial charge in [-0.15, -0.1) is 0 Å². The van der Waals surface area contributed by atoms with Crippen LogP contribution >= 0.6 is 0 Å². The predicted octanol–water partition coefficient (Wildman–Crippen LogP) is 2.11. The highest BCUT2D eigenvalue weighted by atomic mass is 16.3. The average Bonchev–Trinajstić information content (AvgIpc) is 2.72. The molecule has 0 radical (unpaired) electrons. The summed E-state index contributed by atoms with van der Waals surface area (Å²) >= 11 is 0. The molecule has 0 aliphatic heterocycles. The Morgan fingerprint density at radius 3 is 3.00 bits per heavy atom. The molecule has 3 fully saturated rings. The lowest BCUT2D eigenvalue weighted by Crippen LogP contribution is -2.37. The largest absolute Gasteiger partial charge is 0.392 e. The minimum absolute atomic E-state index is 0.0159. The summed E-state index contributed by atoms with van der Waals surface area (Å²) in [6, 6.07) is 0. The molecule has 2 bridgehead atoms. The summed E-state index contributed by atoms with van der Waals surface area (Å²) in [4.78, 5) is 0. The van der Waals surface area contributed by atoms with Crippen LogP contribution in [0.15, 0.2) is 12.2 Å². The van der Waals surface area contributed by atoms with Gasteiger partial charge in [-0.25, -0.2) is 0 Å². The van der Waals surface area contributed by atoms with E-state index in [1.54, 1.807) is 0 Å². The maximum absolute atomic E-state index is 10.2. The molecule has 4 aliphatic rings. The summed E-state index contributed by atoms with van der Waals surface area (Å²) in [5, 5.41) is 10.2. The van der Waals surface area contributed by atoms with E-state index in [4.69, 9.17) is 0 Å². The molecule has 4 aliphatic carbocycles. The number of rotatable bonds is 0. The first kappa shape index (κ1) is 7.05. The van der Waals surface area contributed by atoms with E-state index >= 15 is 0 Å². The van der Waals surface area contributed by atoms with Crippen LogP contribution in [-0.2, 0) is 0 Å². The smallest absolute Gasteiger partial charge is 0.0698 e. The highest BCUT2D eigenvalue weighted by Crippen LogP contribution is 2.79. The average molecular weight is 176 g/mol. The van der Waals surface area contributed by atoms with Gasteiger partial charge in [-0.05, 0) is 37.0 Å². The van der Waals surface area contributed by atoms with Crippen molar-refractivity contribution in [1.29, 1.82) is 0 Å². The third-order valence-electron chi connectivity index (χ3n) is 5.48. The van der Waals surface area contributed by atoms with Gasteiger partial charge in [-0.1, -0.05) is 18.6 Å². The van der Waals surface area contributed by atoms with Crippen molar-refractivity contribution in [2.24, 2.45) is 22.7 Å². The quantitative estimate of drug-likeness (QED) is 0.560. The van der Waals surface area contributed by atoms with Gasteiger partial charge in [0, 0.05) is 11.3 Å². The van der Waals surface area contributed by atoms with E-state index in [0.717, 1.165) is 5.92 Å².